The Labute approximate surface area is 166 Å². The van der Waals surface area contributed by atoms with Gasteiger partial charge < -0.3 is 4.74 Å². The van der Waals surface area contributed by atoms with Gasteiger partial charge in [-0.05, 0) is 30.2 Å². The molecule has 0 amide bonds. The van der Waals surface area contributed by atoms with Crippen LogP contribution in [0.25, 0.3) is 10.2 Å². The van der Waals surface area contributed by atoms with Crippen molar-refractivity contribution in [2.24, 2.45) is 5.10 Å². The van der Waals surface area contributed by atoms with Gasteiger partial charge in [-0.25, -0.2) is 4.98 Å². The van der Waals surface area contributed by atoms with Gasteiger partial charge in [0.25, 0.3) is 5.56 Å². The van der Waals surface area contributed by atoms with Crippen LogP contribution in [-0.2, 0) is 13.0 Å². The van der Waals surface area contributed by atoms with Gasteiger partial charge in [0.05, 0.1) is 11.6 Å². The fraction of sp³-hybridized carbons (Fsp3) is 0.136. The highest BCUT2D eigenvalue weighted by Gasteiger charge is 2.08. The third-order valence-corrected chi connectivity index (χ3v) is 5.50. The van der Waals surface area contributed by atoms with E-state index in [0.717, 1.165) is 27.3 Å². The number of fused-ring (bicyclic) bond motifs is 1. The summed E-state index contributed by atoms with van der Waals surface area (Å²) in [6.45, 7) is 2.53. The van der Waals surface area contributed by atoms with Crippen molar-refractivity contribution in [2.75, 3.05) is 0 Å². The number of benzene rings is 2. The summed E-state index contributed by atoms with van der Waals surface area (Å²) < 4.78 is 7.20. The van der Waals surface area contributed by atoms with Crippen molar-refractivity contribution in [1.29, 1.82) is 0 Å². The Balaban J connectivity index is 1.59. The number of hydrogen-bond donors (Lipinski definition) is 0. The van der Waals surface area contributed by atoms with Crippen LogP contribution in [0.1, 0.15) is 22.9 Å². The second kappa shape index (κ2) is 8.19. The van der Waals surface area contributed by atoms with Gasteiger partial charge in [-0.15, -0.1) is 11.3 Å². The first kappa shape index (κ1) is 18.1. The maximum atomic E-state index is 12.7. The molecule has 2 aromatic heterocycles. The maximum Gasteiger partial charge on any atom is 0.282 e. The molecule has 0 saturated carbocycles. The van der Waals surface area contributed by atoms with E-state index in [1.807, 2.05) is 60.7 Å². The van der Waals surface area contributed by atoms with E-state index in [9.17, 15) is 4.79 Å². The van der Waals surface area contributed by atoms with Gasteiger partial charge in [0, 0.05) is 10.4 Å². The lowest BCUT2D eigenvalue weighted by molar-refractivity contribution is 0.306. The fourth-order valence-electron chi connectivity index (χ4n) is 2.80. The molecule has 0 saturated heterocycles. The van der Waals surface area contributed by atoms with Gasteiger partial charge in [-0.1, -0.05) is 49.4 Å². The van der Waals surface area contributed by atoms with E-state index in [0.29, 0.717) is 17.7 Å². The standard InChI is InChI=1S/C22H19N3O2S/c1-2-18-12-19-21(28-18)23-15-25(22(19)26)24-13-17-10-6-7-11-20(17)27-14-16-8-4-3-5-9-16/h3-13,15H,2,14H2,1H3/b24-13-. The lowest BCUT2D eigenvalue weighted by atomic mass is 10.2. The monoisotopic (exact) mass is 389 g/mol. The predicted octanol–water partition coefficient (Wildman–Crippen LogP) is 4.48. The van der Waals surface area contributed by atoms with E-state index in [-0.39, 0.29) is 5.56 Å². The molecule has 2 aromatic carbocycles. The molecule has 2 heterocycles. The zero-order valence-corrected chi connectivity index (χ0v) is 16.2. The average molecular weight is 389 g/mol. The topological polar surface area (TPSA) is 56.5 Å². The second-order valence-electron chi connectivity index (χ2n) is 6.24. The first-order valence-electron chi connectivity index (χ1n) is 9.05. The zero-order valence-electron chi connectivity index (χ0n) is 15.4. The number of thiophene rings is 1. The summed E-state index contributed by atoms with van der Waals surface area (Å²) in [4.78, 5) is 18.9. The van der Waals surface area contributed by atoms with Crippen LogP contribution in [0.5, 0.6) is 5.75 Å². The molecule has 0 aliphatic carbocycles. The molecule has 0 atom stereocenters. The smallest absolute Gasteiger partial charge is 0.282 e. The Morgan fingerprint density at radius 3 is 2.75 bits per heavy atom. The summed E-state index contributed by atoms with van der Waals surface area (Å²) >= 11 is 1.55. The third-order valence-electron chi connectivity index (χ3n) is 4.31. The fourth-order valence-corrected chi connectivity index (χ4v) is 3.72. The average Bonchev–Trinajstić information content (AvgIpc) is 3.17. The van der Waals surface area contributed by atoms with Crippen molar-refractivity contribution in [3.05, 3.63) is 93.3 Å². The number of aromatic nitrogens is 2. The number of rotatable bonds is 6. The summed E-state index contributed by atoms with van der Waals surface area (Å²) in [6.07, 6.45) is 3.97. The number of nitrogens with zero attached hydrogens (tertiary/aromatic N) is 3. The molecule has 0 N–H and O–H groups in total. The molecule has 140 valence electrons. The molecule has 0 fully saturated rings. The molecule has 0 aliphatic heterocycles. The molecule has 0 radical (unpaired) electrons. The number of hydrogen-bond acceptors (Lipinski definition) is 5. The van der Waals surface area contributed by atoms with Crippen molar-refractivity contribution in [1.82, 2.24) is 9.66 Å². The Bertz CT molecular complexity index is 1180. The van der Waals surface area contributed by atoms with Crippen LogP contribution in [0.3, 0.4) is 0 Å². The number of ether oxygens (including phenoxy) is 1. The number of para-hydroxylation sites is 1. The molecule has 4 aromatic rings. The molecule has 5 nitrogen and oxygen atoms in total. The lowest BCUT2D eigenvalue weighted by Crippen LogP contribution is -2.16. The van der Waals surface area contributed by atoms with Gasteiger partial charge in [0.15, 0.2) is 0 Å². The van der Waals surface area contributed by atoms with Crippen LogP contribution in [0.15, 0.2) is 76.9 Å². The summed E-state index contributed by atoms with van der Waals surface area (Å²) in [6, 6.07) is 19.5. The Kier molecular flexibility index (Phi) is 5.30. The third kappa shape index (κ3) is 3.87. The van der Waals surface area contributed by atoms with E-state index in [4.69, 9.17) is 4.74 Å². The molecule has 0 bridgehead atoms. The lowest BCUT2D eigenvalue weighted by Gasteiger charge is -2.09. The van der Waals surface area contributed by atoms with Gasteiger partial charge in [0.2, 0.25) is 0 Å². The maximum absolute atomic E-state index is 12.7. The highest BCUT2D eigenvalue weighted by Crippen LogP contribution is 2.21. The minimum absolute atomic E-state index is 0.167. The van der Waals surface area contributed by atoms with E-state index in [1.54, 1.807) is 17.6 Å². The van der Waals surface area contributed by atoms with E-state index in [1.165, 1.54) is 11.0 Å². The SMILES string of the molecule is CCc1cc2c(=O)n(/N=C\c3ccccc3OCc3ccccc3)cnc2s1. The minimum atomic E-state index is -0.167. The molecule has 0 spiro atoms. The van der Waals surface area contributed by atoms with Gasteiger partial charge in [0.1, 0.15) is 23.5 Å². The summed E-state index contributed by atoms with van der Waals surface area (Å²) in [5.41, 5.74) is 1.72. The van der Waals surface area contributed by atoms with Crippen LogP contribution >= 0.6 is 11.3 Å². The minimum Gasteiger partial charge on any atom is -0.488 e. The molecule has 28 heavy (non-hydrogen) atoms. The second-order valence-corrected chi connectivity index (χ2v) is 7.35. The van der Waals surface area contributed by atoms with Crippen LogP contribution in [0.2, 0.25) is 0 Å². The van der Waals surface area contributed by atoms with Crippen molar-refractivity contribution in [2.45, 2.75) is 20.0 Å². The Hall–Kier alpha value is -3.25. The van der Waals surface area contributed by atoms with Crippen LogP contribution in [-0.4, -0.2) is 15.9 Å². The summed E-state index contributed by atoms with van der Waals surface area (Å²) in [7, 11) is 0. The molecule has 0 aliphatic rings. The van der Waals surface area contributed by atoms with Crippen molar-refractivity contribution in [3.63, 3.8) is 0 Å². The molecule has 6 heteroatoms. The van der Waals surface area contributed by atoms with Crippen LogP contribution in [0.4, 0.5) is 0 Å². The van der Waals surface area contributed by atoms with Crippen molar-refractivity contribution < 1.29 is 4.74 Å². The van der Waals surface area contributed by atoms with Crippen molar-refractivity contribution >= 4 is 27.8 Å². The molecular formula is C22H19N3O2S. The highest BCUT2D eigenvalue weighted by atomic mass is 32.1. The zero-order chi connectivity index (χ0) is 19.3. The first-order chi connectivity index (χ1) is 13.7. The molecular weight excluding hydrogens is 370 g/mol. The predicted molar refractivity (Wildman–Crippen MR) is 113 cm³/mol. The largest absolute Gasteiger partial charge is 0.488 e. The number of aryl methyl sites for hydroxylation is 1. The highest BCUT2D eigenvalue weighted by molar-refractivity contribution is 7.18. The van der Waals surface area contributed by atoms with Crippen molar-refractivity contribution in [3.8, 4) is 5.75 Å². The summed E-state index contributed by atoms with van der Waals surface area (Å²) in [5, 5.41) is 4.92. The molecule has 0 unspecified atom stereocenters. The molecule has 4 rings (SSSR count). The normalized spacial score (nSPS) is 11.3. The quantitative estimate of drug-likeness (QED) is 0.457. The van der Waals surface area contributed by atoms with Gasteiger partial charge >= 0.3 is 0 Å². The van der Waals surface area contributed by atoms with Gasteiger partial charge in [-0.3, -0.25) is 4.79 Å². The van der Waals surface area contributed by atoms with E-state index < -0.39 is 0 Å². The van der Waals surface area contributed by atoms with Crippen LogP contribution in [0, 0.1) is 0 Å². The Morgan fingerprint density at radius 2 is 1.93 bits per heavy atom. The first-order valence-corrected chi connectivity index (χ1v) is 9.86. The summed E-state index contributed by atoms with van der Waals surface area (Å²) in [5.74, 6) is 0.709. The van der Waals surface area contributed by atoms with E-state index in [2.05, 4.69) is 17.0 Å². The van der Waals surface area contributed by atoms with Crippen LogP contribution < -0.4 is 10.3 Å². The van der Waals surface area contributed by atoms with E-state index >= 15 is 0 Å². The Morgan fingerprint density at radius 1 is 1.14 bits per heavy atom. The van der Waals surface area contributed by atoms with Gasteiger partial charge in [-0.2, -0.15) is 9.78 Å².